The molecule has 256 valence electrons. The predicted molar refractivity (Wildman–Crippen MR) is 194 cm³/mol. The Morgan fingerprint density at radius 3 is 2.58 bits per heavy atom. The third kappa shape index (κ3) is 8.41. The summed E-state index contributed by atoms with van der Waals surface area (Å²) < 4.78 is 28.2. The lowest BCUT2D eigenvalue weighted by Crippen LogP contribution is -2.53. The number of amides is 2. The van der Waals surface area contributed by atoms with Crippen LogP contribution >= 0.6 is 11.3 Å². The fourth-order valence-electron chi connectivity index (χ4n) is 5.58. The van der Waals surface area contributed by atoms with Gasteiger partial charge in [0.15, 0.2) is 19.9 Å². The quantitative estimate of drug-likeness (QED) is 0.154. The van der Waals surface area contributed by atoms with Gasteiger partial charge in [-0.05, 0) is 67.7 Å². The number of anilines is 1. The molecule has 1 aliphatic carbocycles. The second-order valence-corrected chi connectivity index (χ2v) is 20.4. The fourth-order valence-corrected chi connectivity index (χ4v) is 7.66. The van der Waals surface area contributed by atoms with Crippen LogP contribution in [0.25, 0.3) is 20.8 Å². The Morgan fingerprint density at radius 2 is 1.90 bits per heavy atom. The van der Waals surface area contributed by atoms with Crippen LogP contribution in [0.2, 0.25) is 18.1 Å². The number of carbonyl (C=O) groups excluding carboxylic acids is 1. The molecule has 4 aromatic rings. The number of hydrogen-bond acceptors (Lipinski definition) is 8. The molecule has 48 heavy (non-hydrogen) atoms. The summed E-state index contributed by atoms with van der Waals surface area (Å²) >= 11 is 1.51. The molecule has 1 atom stereocenters. The van der Waals surface area contributed by atoms with Crippen LogP contribution in [0.5, 0.6) is 11.5 Å². The SMILES string of the molecule is CC1CN(Cc2ccc(-c3cc4nccc(Oc5ccc(NC(=O)NC6CC6)cc5F)c4s3)nc2)CCN1CCO[Si](C)(C)C(C)(C)C. The zero-order chi connectivity index (χ0) is 34.1. The lowest BCUT2D eigenvalue weighted by Gasteiger charge is -2.41. The van der Waals surface area contributed by atoms with Crippen LogP contribution in [-0.2, 0) is 11.0 Å². The first-order valence-corrected chi connectivity index (χ1v) is 20.6. The van der Waals surface area contributed by atoms with E-state index in [9.17, 15) is 9.18 Å². The summed E-state index contributed by atoms with van der Waals surface area (Å²) in [4.78, 5) is 27.4. The lowest BCUT2D eigenvalue weighted by molar-refractivity contribution is 0.0660. The molecule has 0 spiro atoms. The number of aromatic nitrogens is 2. The molecule has 9 nitrogen and oxygen atoms in total. The Kier molecular flexibility index (Phi) is 10.2. The molecular weight excluding hydrogens is 644 g/mol. The number of pyridine rings is 2. The van der Waals surface area contributed by atoms with Crippen molar-refractivity contribution >= 4 is 41.6 Å². The molecule has 1 aliphatic heterocycles. The van der Waals surface area contributed by atoms with Gasteiger partial charge < -0.3 is 19.8 Å². The van der Waals surface area contributed by atoms with E-state index in [-0.39, 0.29) is 22.9 Å². The zero-order valence-electron chi connectivity index (χ0n) is 28.8. The topological polar surface area (TPSA) is 91.8 Å². The minimum absolute atomic E-state index is 0.0720. The van der Waals surface area contributed by atoms with Gasteiger partial charge in [0, 0.05) is 81.6 Å². The first kappa shape index (κ1) is 34.4. The van der Waals surface area contributed by atoms with Crippen molar-refractivity contribution in [3.63, 3.8) is 0 Å². The molecule has 2 N–H and O–H groups in total. The monoisotopic (exact) mass is 690 g/mol. The molecule has 4 heterocycles. The largest absolute Gasteiger partial charge is 0.453 e. The van der Waals surface area contributed by atoms with Crippen molar-refractivity contribution in [1.29, 1.82) is 0 Å². The molecule has 2 fully saturated rings. The number of benzene rings is 1. The molecule has 2 amide bonds. The number of halogens is 1. The summed E-state index contributed by atoms with van der Waals surface area (Å²) in [6, 6.07) is 12.7. The molecule has 3 aromatic heterocycles. The highest BCUT2D eigenvalue weighted by Crippen LogP contribution is 2.40. The summed E-state index contributed by atoms with van der Waals surface area (Å²) in [5.74, 6) is 0.0196. The van der Waals surface area contributed by atoms with Crippen molar-refractivity contribution in [3.8, 4) is 22.1 Å². The van der Waals surface area contributed by atoms with Gasteiger partial charge in [0.05, 0.1) is 20.8 Å². The van der Waals surface area contributed by atoms with E-state index in [4.69, 9.17) is 14.1 Å². The number of thiophene rings is 1. The summed E-state index contributed by atoms with van der Waals surface area (Å²) in [5.41, 5.74) is 3.17. The maximum Gasteiger partial charge on any atom is 0.319 e. The number of nitrogens with one attached hydrogen (secondary N) is 2. The highest BCUT2D eigenvalue weighted by Gasteiger charge is 2.37. The Balaban J connectivity index is 1.04. The molecule has 1 aromatic carbocycles. The highest BCUT2D eigenvalue weighted by molar-refractivity contribution is 7.22. The Bertz CT molecular complexity index is 1740. The molecule has 6 rings (SSSR count). The van der Waals surface area contributed by atoms with Crippen LogP contribution < -0.4 is 15.4 Å². The second-order valence-electron chi connectivity index (χ2n) is 14.5. The number of carbonyl (C=O) groups is 1. The molecule has 2 aliphatic rings. The summed E-state index contributed by atoms with van der Waals surface area (Å²) in [5, 5.41) is 5.73. The van der Waals surface area contributed by atoms with E-state index in [2.05, 4.69) is 78.3 Å². The first-order chi connectivity index (χ1) is 22.8. The molecule has 1 saturated heterocycles. The van der Waals surface area contributed by atoms with Crippen LogP contribution in [0.4, 0.5) is 14.9 Å². The number of urea groups is 1. The summed E-state index contributed by atoms with van der Waals surface area (Å²) in [7, 11) is -1.72. The van der Waals surface area contributed by atoms with Crippen LogP contribution in [0.3, 0.4) is 0 Å². The van der Waals surface area contributed by atoms with Gasteiger partial charge in [-0.3, -0.25) is 19.8 Å². The maximum absolute atomic E-state index is 15.0. The normalized spacial score (nSPS) is 17.9. The number of piperazine rings is 1. The third-order valence-corrected chi connectivity index (χ3v) is 15.4. The molecule has 12 heteroatoms. The number of hydrogen-bond donors (Lipinski definition) is 2. The van der Waals surface area contributed by atoms with Crippen molar-refractivity contribution in [1.82, 2.24) is 25.1 Å². The van der Waals surface area contributed by atoms with Crippen molar-refractivity contribution in [2.75, 3.05) is 38.1 Å². The van der Waals surface area contributed by atoms with Gasteiger partial charge >= 0.3 is 6.03 Å². The highest BCUT2D eigenvalue weighted by atomic mass is 32.1. The van der Waals surface area contributed by atoms with E-state index in [1.807, 2.05) is 12.3 Å². The van der Waals surface area contributed by atoms with Gasteiger partial charge in [0.2, 0.25) is 0 Å². The van der Waals surface area contributed by atoms with Gasteiger partial charge in [0.25, 0.3) is 0 Å². The van der Waals surface area contributed by atoms with Gasteiger partial charge in [-0.2, -0.15) is 0 Å². The minimum atomic E-state index is -1.72. The summed E-state index contributed by atoms with van der Waals surface area (Å²) in [6.45, 7) is 19.5. The zero-order valence-corrected chi connectivity index (χ0v) is 30.6. The number of rotatable bonds is 11. The minimum Gasteiger partial charge on any atom is -0.453 e. The number of nitrogens with zero attached hydrogens (tertiary/aromatic N) is 4. The van der Waals surface area contributed by atoms with E-state index < -0.39 is 14.1 Å². The van der Waals surface area contributed by atoms with Crippen molar-refractivity contribution < 1.29 is 18.3 Å². The van der Waals surface area contributed by atoms with Crippen molar-refractivity contribution in [2.45, 2.75) is 77.3 Å². The molecule has 1 unspecified atom stereocenters. The Morgan fingerprint density at radius 1 is 1.08 bits per heavy atom. The average Bonchev–Trinajstić information content (AvgIpc) is 3.72. The third-order valence-electron chi connectivity index (χ3n) is 9.68. The van der Waals surface area contributed by atoms with Crippen LogP contribution in [0.15, 0.2) is 54.9 Å². The standard InChI is InChI=1S/C36H47FN6O3SSi/c1-24-22-42(15-16-43(24)17-18-45-48(5,6)36(2,3)4)23-25-7-11-29(39-21-25)33-20-30-34(47-33)32(13-14-38-30)46-31-12-10-27(19-28(31)37)41-35(44)40-26-8-9-26/h7,10-14,19-21,24,26H,8-9,15-18,22-23H2,1-6H3,(H2,40,41,44). The lowest BCUT2D eigenvalue weighted by atomic mass is 10.1. The van der Waals surface area contributed by atoms with Crippen molar-refractivity contribution in [2.24, 2.45) is 0 Å². The van der Waals surface area contributed by atoms with E-state index in [0.717, 1.165) is 73.0 Å². The molecular formula is C36H47FN6O3SSi. The van der Waals surface area contributed by atoms with Crippen LogP contribution in [0.1, 0.15) is 46.1 Å². The van der Waals surface area contributed by atoms with Crippen molar-refractivity contribution in [3.05, 3.63) is 66.2 Å². The molecule has 0 bridgehead atoms. The Hall–Kier alpha value is -3.42. The number of fused-ring (bicyclic) bond motifs is 1. The number of ether oxygens (including phenoxy) is 1. The first-order valence-electron chi connectivity index (χ1n) is 16.8. The average molecular weight is 691 g/mol. The molecule has 1 saturated carbocycles. The van der Waals surface area contributed by atoms with E-state index in [1.54, 1.807) is 18.3 Å². The van der Waals surface area contributed by atoms with E-state index in [1.165, 1.54) is 29.0 Å². The summed E-state index contributed by atoms with van der Waals surface area (Å²) in [6.07, 6.45) is 5.58. The maximum atomic E-state index is 15.0. The Labute approximate surface area is 288 Å². The second kappa shape index (κ2) is 14.2. The predicted octanol–water partition coefficient (Wildman–Crippen LogP) is 8.10. The van der Waals surface area contributed by atoms with Gasteiger partial charge in [-0.1, -0.05) is 26.8 Å². The fraction of sp³-hybridized carbons (Fsp3) is 0.472. The van der Waals surface area contributed by atoms with Gasteiger partial charge in [-0.15, -0.1) is 11.3 Å². The van der Waals surface area contributed by atoms with Crippen LogP contribution in [0, 0.1) is 5.82 Å². The van der Waals surface area contributed by atoms with Crippen LogP contribution in [-0.4, -0.2) is 79.0 Å². The van der Waals surface area contributed by atoms with Gasteiger partial charge in [0.1, 0.15) is 5.75 Å². The van der Waals surface area contributed by atoms with Gasteiger partial charge in [-0.25, -0.2) is 9.18 Å². The van der Waals surface area contributed by atoms with E-state index >= 15 is 0 Å². The smallest absolute Gasteiger partial charge is 0.319 e. The van der Waals surface area contributed by atoms with E-state index in [0.29, 0.717) is 17.5 Å². The molecule has 0 radical (unpaired) electrons.